The molecule has 3 N–H and O–H groups in total. The minimum absolute atomic E-state index is 0. The number of nitrogens with zero attached hydrogens (tertiary/aromatic N) is 3. The van der Waals surface area contributed by atoms with E-state index < -0.39 is 0 Å². The third-order valence-corrected chi connectivity index (χ3v) is 2.79. The largest absolute Gasteiger partial charge is 0.370 e. The summed E-state index contributed by atoms with van der Waals surface area (Å²) in [7, 11) is 0. The average molecular weight is 401 g/mol. The second-order valence-electron chi connectivity index (χ2n) is 4.43. The van der Waals surface area contributed by atoms with Crippen LogP contribution in [0.4, 0.5) is 5.69 Å². The van der Waals surface area contributed by atoms with Crippen molar-refractivity contribution >= 4 is 35.6 Å². The first-order valence-electron chi connectivity index (χ1n) is 6.62. The number of nitrogens with one attached hydrogen (secondary N) is 1. The number of benzene rings is 1. The minimum atomic E-state index is 0. The molecule has 2 rings (SSSR count). The summed E-state index contributed by atoms with van der Waals surface area (Å²) in [5.41, 5.74) is 8.04. The van der Waals surface area contributed by atoms with Gasteiger partial charge < -0.3 is 15.6 Å². The van der Waals surface area contributed by atoms with Crippen molar-refractivity contribution in [1.29, 1.82) is 0 Å². The Balaban J connectivity index is 0.00000220. The predicted molar refractivity (Wildman–Crippen MR) is 94.1 cm³/mol. The minimum Gasteiger partial charge on any atom is -0.370 e. The number of aromatic nitrogens is 2. The molecule has 1 aromatic heterocycles. The van der Waals surface area contributed by atoms with E-state index in [4.69, 9.17) is 10.3 Å². The average Bonchev–Trinajstić information content (AvgIpc) is 2.84. The van der Waals surface area contributed by atoms with Gasteiger partial charge in [0.2, 0.25) is 5.89 Å². The topological polar surface area (TPSA) is 89.3 Å². The molecule has 0 atom stereocenters. The Kier molecular flexibility index (Phi) is 7.13. The van der Waals surface area contributed by atoms with Crippen LogP contribution in [0.3, 0.4) is 0 Å². The van der Waals surface area contributed by atoms with Crippen LogP contribution in [-0.4, -0.2) is 22.6 Å². The van der Waals surface area contributed by atoms with Gasteiger partial charge in [0.05, 0.1) is 6.54 Å². The number of hydrogen-bond acceptors (Lipinski definition) is 4. The van der Waals surface area contributed by atoms with Crippen LogP contribution in [0, 0.1) is 6.92 Å². The molecule has 0 unspecified atom stereocenters. The Bertz CT molecular complexity index is 597. The third-order valence-electron chi connectivity index (χ3n) is 2.79. The Morgan fingerprint density at radius 2 is 2.24 bits per heavy atom. The first-order chi connectivity index (χ1) is 9.67. The van der Waals surface area contributed by atoms with Crippen LogP contribution in [0.2, 0.25) is 0 Å². The van der Waals surface area contributed by atoms with Crippen molar-refractivity contribution < 1.29 is 4.52 Å². The van der Waals surface area contributed by atoms with Gasteiger partial charge in [-0.2, -0.15) is 4.98 Å². The van der Waals surface area contributed by atoms with Gasteiger partial charge in [0.25, 0.3) is 0 Å². The molecule has 114 valence electrons. The van der Waals surface area contributed by atoms with E-state index >= 15 is 0 Å². The molecule has 0 aliphatic heterocycles. The quantitative estimate of drug-likeness (QED) is 0.457. The Hall–Kier alpha value is -1.64. The summed E-state index contributed by atoms with van der Waals surface area (Å²) in [6.07, 6.45) is 1.57. The maximum atomic E-state index is 5.84. The fourth-order valence-corrected chi connectivity index (χ4v) is 1.77. The number of aliphatic imine (C=N–C) groups is 1. The SMILES string of the molecule is CCc1cccc(NC(N)=NCCc2nc(C)no2)c1.I. The number of aryl methyl sites for hydroxylation is 2. The monoisotopic (exact) mass is 401 g/mol. The normalized spacial score (nSPS) is 11.0. The highest BCUT2D eigenvalue weighted by molar-refractivity contribution is 14.0. The van der Waals surface area contributed by atoms with Crippen LogP contribution >= 0.6 is 24.0 Å². The van der Waals surface area contributed by atoms with E-state index in [-0.39, 0.29) is 24.0 Å². The molecule has 21 heavy (non-hydrogen) atoms. The molecule has 0 spiro atoms. The van der Waals surface area contributed by atoms with E-state index in [1.54, 1.807) is 6.92 Å². The predicted octanol–water partition coefficient (Wildman–Crippen LogP) is 2.53. The van der Waals surface area contributed by atoms with Crippen molar-refractivity contribution in [3.8, 4) is 0 Å². The number of nitrogens with two attached hydrogens (primary N) is 1. The summed E-state index contributed by atoms with van der Waals surface area (Å²) in [6.45, 7) is 4.41. The molecule has 6 nitrogen and oxygen atoms in total. The van der Waals surface area contributed by atoms with Crippen LogP contribution in [0.5, 0.6) is 0 Å². The van der Waals surface area contributed by atoms with Crippen LogP contribution < -0.4 is 11.1 Å². The van der Waals surface area contributed by atoms with E-state index in [1.807, 2.05) is 12.1 Å². The lowest BCUT2D eigenvalue weighted by Gasteiger charge is -2.06. The van der Waals surface area contributed by atoms with E-state index in [2.05, 4.69) is 39.5 Å². The molecule has 7 heteroatoms. The van der Waals surface area contributed by atoms with Crippen LogP contribution in [0.15, 0.2) is 33.8 Å². The summed E-state index contributed by atoms with van der Waals surface area (Å²) in [4.78, 5) is 8.34. The number of anilines is 1. The molecule has 0 aliphatic carbocycles. The van der Waals surface area contributed by atoms with E-state index in [9.17, 15) is 0 Å². The zero-order valence-electron chi connectivity index (χ0n) is 12.2. The molecular formula is C14H20IN5O. The number of hydrogen-bond donors (Lipinski definition) is 2. The molecule has 0 saturated heterocycles. The number of halogens is 1. The zero-order chi connectivity index (χ0) is 14.4. The van der Waals surface area contributed by atoms with Crippen LogP contribution in [0.1, 0.15) is 24.2 Å². The zero-order valence-corrected chi connectivity index (χ0v) is 14.5. The Morgan fingerprint density at radius 3 is 2.90 bits per heavy atom. The molecule has 0 amide bonds. The van der Waals surface area contributed by atoms with Gasteiger partial charge in [0.1, 0.15) is 0 Å². The van der Waals surface area contributed by atoms with Crippen molar-refractivity contribution in [2.45, 2.75) is 26.7 Å². The van der Waals surface area contributed by atoms with Gasteiger partial charge in [-0.1, -0.05) is 24.2 Å². The highest BCUT2D eigenvalue weighted by Crippen LogP contribution is 2.10. The summed E-state index contributed by atoms with van der Waals surface area (Å²) >= 11 is 0. The summed E-state index contributed by atoms with van der Waals surface area (Å²) in [5, 5.41) is 6.79. The van der Waals surface area contributed by atoms with Crippen molar-refractivity contribution in [1.82, 2.24) is 10.1 Å². The second-order valence-corrected chi connectivity index (χ2v) is 4.43. The molecule has 1 aromatic carbocycles. The molecule has 2 aromatic rings. The van der Waals surface area contributed by atoms with Gasteiger partial charge in [-0.25, -0.2) is 0 Å². The second kappa shape index (κ2) is 8.60. The van der Waals surface area contributed by atoms with Gasteiger partial charge in [-0.05, 0) is 31.0 Å². The van der Waals surface area contributed by atoms with Crippen LogP contribution in [-0.2, 0) is 12.8 Å². The van der Waals surface area contributed by atoms with Crippen molar-refractivity contribution in [2.24, 2.45) is 10.7 Å². The molecule has 0 saturated carbocycles. The number of guanidine groups is 1. The Morgan fingerprint density at radius 1 is 1.43 bits per heavy atom. The van der Waals surface area contributed by atoms with E-state index in [0.717, 1.165) is 12.1 Å². The van der Waals surface area contributed by atoms with Gasteiger partial charge in [-0.3, -0.25) is 4.99 Å². The molecule has 1 heterocycles. The lowest BCUT2D eigenvalue weighted by Crippen LogP contribution is -2.23. The van der Waals surface area contributed by atoms with Crippen LogP contribution in [0.25, 0.3) is 0 Å². The fraction of sp³-hybridized carbons (Fsp3) is 0.357. The maximum absolute atomic E-state index is 5.84. The van der Waals surface area contributed by atoms with E-state index in [1.165, 1.54) is 5.56 Å². The van der Waals surface area contributed by atoms with Gasteiger partial charge >= 0.3 is 0 Å². The summed E-state index contributed by atoms with van der Waals surface area (Å²) in [6, 6.07) is 8.10. The fourth-order valence-electron chi connectivity index (χ4n) is 1.77. The smallest absolute Gasteiger partial charge is 0.228 e. The summed E-state index contributed by atoms with van der Waals surface area (Å²) < 4.78 is 5.00. The number of rotatable bonds is 5. The van der Waals surface area contributed by atoms with Crippen molar-refractivity contribution in [3.05, 3.63) is 41.5 Å². The molecule has 0 radical (unpaired) electrons. The third kappa shape index (κ3) is 5.70. The van der Waals surface area contributed by atoms with Gasteiger partial charge in [-0.15, -0.1) is 24.0 Å². The van der Waals surface area contributed by atoms with Crippen molar-refractivity contribution in [2.75, 3.05) is 11.9 Å². The van der Waals surface area contributed by atoms with Crippen molar-refractivity contribution in [3.63, 3.8) is 0 Å². The summed E-state index contributed by atoms with van der Waals surface area (Å²) in [5.74, 6) is 1.59. The van der Waals surface area contributed by atoms with Gasteiger partial charge in [0.15, 0.2) is 11.8 Å². The standard InChI is InChI=1S/C14H19N5O.HI/c1-3-11-5-4-6-12(9-11)18-14(15)16-8-7-13-17-10(2)19-20-13;/h4-6,9H,3,7-8H2,1-2H3,(H3,15,16,18);1H. The van der Waals surface area contributed by atoms with E-state index in [0.29, 0.717) is 30.6 Å². The van der Waals surface area contributed by atoms with Gasteiger partial charge in [0, 0.05) is 12.1 Å². The highest BCUT2D eigenvalue weighted by atomic mass is 127. The molecule has 0 fully saturated rings. The first-order valence-corrected chi connectivity index (χ1v) is 6.62. The lowest BCUT2D eigenvalue weighted by atomic mass is 10.1. The lowest BCUT2D eigenvalue weighted by molar-refractivity contribution is 0.376. The first kappa shape index (κ1) is 17.4. The molecule has 0 bridgehead atoms. The molecular weight excluding hydrogens is 381 g/mol. The Labute approximate surface area is 141 Å². The maximum Gasteiger partial charge on any atom is 0.228 e. The molecule has 0 aliphatic rings. The highest BCUT2D eigenvalue weighted by Gasteiger charge is 2.01.